The second-order valence-electron chi connectivity index (χ2n) is 12.3. The van der Waals surface area contributed by atoms with E-state index in [1.165, 1.54) is 18.2 Å². The summed E-state index contributed by atoms with van der Waals surface area (Å²) in [5.41, 5.74) is 0.794. The van der Waals surface area contributed by atoms with E-state index in [0.717, 1.165) is 57.8 Å². The monoisotopic (exact) mass is 732 g/mol. The van der Waals surface area contributed by atoms with Gasteiger partial charge in [0.25, 0.3) is 0 Å². The molecule has 0 aliphatic heterocycles. The van der Waals surface area contributed by atoms with Crippen molar-refractivity contribution in [3.05, 3.63) is 146 Å². The molecule has 0 amide bonds. The fourth-order valence-corrected chi connectivity index (χ4v) is 5.02. The molecule has 4 aromatic rings. The van der Waals surface area contributed by atoms with Crippen molar-refractivity contribution in [1.82, 2.24) is 0 Å². The molecule has 0 heterocycles. The number of carbonyl (C=O) groups is 3. The van der Waals surface area contributed by atoms with Crippen LogP contribution in [0.5, 0.6) is 34.5 Å². The minimum Gasteiger partial charge on any atom is -0.494 e. The largest absolute Gasteiger partial charge is 0.494 e. The Kier molecular flexibility index (Phi) is 17.1. The highest BCUT2D eigenvalue weighted by atomic mass is 16.6. The van der Waals surface area contributed by atoms with Gasteiger partial charge in [0.2, 0.25) is 0 Å². The number of hydrogen-bond acceptors (Lipinski definition) is 9. The summed E-state index contributed by atoms with van der Waals surface area (Å²) < 4.78 is 34.2. The van der Waals surface area contributed by atoms with Crippen LogP contribution in [0.3, 0.4) is 0 Å². The van der Waals surface area contributed by atoms with Crippen LogP contribution in [-0.4, -0.2) is 37.7 Å². The molecule has 0 aliphatic carbocycles. The van der Waals surface area contributed by atoms with Gasteiger partial charge in [0, 0.05) is 18.2 Å². The predicted molar refractivity (Wildman–Crippen MR) is 209 cm³/mol. The first-order valence-corrected chi connectivity index (χ1v) is 18.2. The van der Waals surface area contributed by atoms with Crippen molar-refractivity contribution in [2.24, 2.45) is 0 Å². The first-order chi connectivity index (χ1) is 26.4. The van der Waals surface area contributed by atoms with Crippen LogP contribution in [0.1, 0.15) is 88.9 Å². The molecular weight excluding hydrogens is 684 g/mol. The summed E-state index contributed by atoms with van der Waals surface area (Å²) in [5.74, 6) is -0.156. The maximum atomic E-state index is 13.2. The molecule has 4 aromatic carbocycles. The molecule has 54 heavy (non-hydrogen) atoms. The number of unbranched alkanes of at least 4 members (excludes halogenated alkanes) is 6. The van der Waals surface area contributed by atoms with Gasteiger partial charge in [-0.1, -0.05) is 18.2 Å². The van der Waals surface area contributed by atoms with Gasteiger partial charge < -0.3 is 28.4 Å². The van der Waals surface area contributed by atoms with Gasteiger partial charge in [-0.2, -0.15) is 0 Å². The Labute approximate surface area is 317 Å². The van der Waals surface area contributed by atoms with E-state index in [2.05, 4.69) is 19.7 Å². The Morgan fingerprint density at radius 1 is 0.389 bits per heavy atom. The third-order valence-electron chi connectivity index (χ3n) is 7.97. The quantitative estimate of drug-likeness (QED) is 0.0301. The van der Waals surface area contributed by atoms with E-state index in [9.17, 15) is 14.4 Å². The standard InChI is InChI=1S/C45H48O9/c1-4-7-10-13-28-49-37-22-16-34(17-23-37)43(46)52-40-31-41(53-44(47)35-18-24-38(25-19-35)50-29-14-11-8-5-2)33-42(32-40)54-45(48)36-20-26-39(27-21-36)51-30-15-12-9-6-3/h4-6,16-27,31-33H,1-3,7-15,28-30H2. The summed E-state index contributed by atoms with van der Waals surface area (Å²) >= 11 is 0. The van der Waals surface area contributed by atoms with E-state index in [0.29, 0.717) is 37.1 Å². The molecule has 0 saturated carbocycles. The smallest absolute Gasteiger partial charge is 0.343 e. The molecule has 9 heteroatoms. The van der Waals surface area contributed by atoms with Crippen LogP contribution in [0.4, 0.5) is 0 Å². The summed E-state index contributed by atoms with van der Waals surface area (Å²) in [6.45, 7) is 12.8. The highest BCUT2D eigenvalue weighted by Crippen LogP contribution is 2.30. The van der Waals surface area contributed by atoms with E-state index in [1.54, 1.807) is 72.8 Å². The molecule has 0 unspecified atom stereocenters. The van der Waals surface area contributed by atoms with Crippen molar-refractivity contribution in [2.75, 3.05) is 19.8 Å². The minimum atomic E-state index is -0.673. The van der Waals surface area contributed by atoms with Gasteiger partial charge in [0.15, 0.2) is 0 Å². The number of allylic oxidation sites excluding steroid dienone is 3. The van der Waals surface area contributed by atoms with E-state index >= 15 is 0 Å². The van der Waals surface area contributed by atoms with Gasteiger partial charge in [-0.25, -0.2) is 14.4 Å². The Morgan fingerprint density at radius 3 is 0.889 bits per heavy atom. The van der Waals surface area contributed by atoms with Crippen molar-refractivity contribution >= 4 is 17.9 Å². The van der Waals surface area contributed by atoms with E-state index < -0.39 is 17.9 Å². The molecule has 282 valence electrons. The van der Waals surface area contributed by atoms with Gasteiger partial charge in [-0.3, -0.25) is 0 Å². The molecule has 0 aromatic heterocycles. The topological polar surface area (TPSA) is 107 Å². The third-order valence-corrected chi connectivity index (χ3v) is 7.97. The molecule has 0 bridgehead atoms. The predicted octanol–water partition coefficient (Wildman–Crippen LogP) is 10.5. The van der Waals surface area contributed by atoms with Gasteiger partial charge in [0.05, 0.1) is 36.5 Å². The zero-order chi connectivity index (χ0) is 38.4. The fraction of sp³-hybridized carbons (Fsp3) is 0.267. The number of rotatable bonds is 24. The third kappa shape index (κ3) is 14.1. The second kappa shape index (κ2) is 22.8. The Balaban J connectivity index is 1.45. The zero-order valence-electron chi connectivity index (χ0n) is 30.7. The Bertz CT molecular complexity index is 1580. The van der Waals surface area contributed by atoms with Crippen LogP contribution in [0.2, 0.25) is 0 Å². The van der Waals surface area contributed by atoms with E-state index in [-0.39, 0.29) is 33.9 Å². The van der Waals surface area contributed by atoms with Crippen LogP contribution in [0.15, 0.2) is 129 Å². The van der Waals surface area contributed by atoms with Crippen LogP contribution >= 0.6 is 0 Å². The molecule has 0 fully saturated rings. The number of ether oxygens (including phenoxy) is 6. The van der Waals surface area contributed by atoms with Gasteiger partial charge in [-0.15, -0.1) is 19.7 Å². The maximum Gasteiger partial charge on any atom is 0.343 e. The van der Waals surface area contributed by atoms with Crippen LogP contribution in [0.25, 0.3) is 0 Å². The zero-order valence-corrected chi connectivity index (χ0v) is 30.7. The minimum absolute atomic E-state index is 0.00366. The summed E-state index contributed by atoms with van der Waals surface area (Å²) in [6, 6.07) is 23.8. The summed E-state index contributed by atoms with van der Waals surface area (Å²) in [4.78, 5) is 39.5. The molecule has 9 nitrogen and oxygen atoms in total. The van der Waals surface area contributed by atoms with E-state index in [4.69, 9.17) is 28.4 Å². The van der Waals surface area contributed by atoms with Gasteiger partial charge in [-0.05, 0) is 131 Å². The summed E-state index contributed by atoms with van der Waals surface area (Å²) in [5, 5.41) is 0. The lowest BCUT2D eigenvalue weighted by atomic mass is 10.2. The van der Waals surface area contributed by atoms with E-state index in [1.807, 2.05) is 18.2 Å². The lowest BCUT2D eigenvalue weighted by Crippen LogP contribution is -2.12. The number of hydrogen-bond donors (Lipinski definition) is 0. The summed E-state index contributed by atoms with van der Waals surface area (Å²) in [6.07, 6.45) is 14.0. The Hall–Kier alpha value is -6.09. The first-order valence-electron chi connectivity index (χ1n) is 18.2. The van der Waals surface area contributed by atoms with Crippen molar-refractivity contribution < 1.29 is 42.8 Å². The highest BCUT2D eigenvalue weighted by Gasteiger charge is 2.17. The highest BCUT2D eigenvalue weighted by molar-refractivity contribution is 5.93. The molecular formula is C45H48O9. The van der Waals surface area contributed by atoms with Crippen molar-refractivity contribution in [3.8, 4) is 34.5 Å². The number of esters is 3. The molecule has 0 N–H and O–H groups in total. The van der Waals surface area contributed by atoms with Gasteiger partial charge >= 0.3 is 17.9 Å². The molecule has 4 rings (SSSR count). The van der Waals surface area contributed by atoms with Crippen molar-refractivity contribution in [2.45, 2.75) is 57.8 Å². The van der Waals surface area contributed by atoms with Crippen LogP contribution in [-0.2, 0) is 0 Å². The lowest BCUT2D eigenvalue weighted by Gasteiger charge is -2.12. The van der Waals surface area contributed by atoms with Crippen molar-refractivity contribution in [1.29, 1.82) is 0 Å². The molecule has 0 aliphatic rings. The fourth-order valence-electron chi connectivity index (χ4n) is 5.02. The van der Waals surface area contributed by atoms with Crippen LogP contribution < -0.4 is 28.4 Å². The normalized spacial score (nSPS) is 10.4. The molecule has 0 spiro atoms. The molecule has 0 radical (unpaired) electrons. The number of carbonyl (C=O) groups excluding carboxylic acids is 3. The first kappa shape index (κ1) is 40.7. The lowest BCUT2D eigenvalue weighted by molar-refractivity contribution is 0.0730. The van der Waals surface area contributed by atoms with Gasteiger partial charge in [0.1, 0.15) is 34.5 Å². The molecule has 0 saturated heterocycles. The second-order valence-corrected chi connectivity index (χ2v) is 12.3. The van der Waals surface area contributed by atoms with Crippen molar-refractivity contribution in [3.63, 3.8) is 0 Å². The SMILES string of the molecule is C=CCCCCOc1ccc(C(=O)Oc2cc(OC(=O)c3ccc(OCCCCC=C)cc3)cc(OC(=O)c3ccc(OCCCCC=C)cc3)c2)cc1. The average molecular weight is 733 g/mol. The van der Waals surface area contributed by atoms with Crippen LogP contribution in [0, 0.1) is 0 Å². The maximum absolute atomic E-state index is 13.2. The summed E-state index contributed by atoms with van der Waals surface area (Å²) in [7, 11) is 0. The molecule has 0 atom stereocenters. The number of benzene rings is 4. The Morgan fingerprint density at radius 2 is 0.648 bits per heavy atom. The average Bonchev–Trinajstić information content (AvgIpc) is 3.18.